The molecule has 0 saturated carbocycles. The van der Waals surface area contributed by atoms with Gasteiger partial charge in [0, 0.05) is 25.4 Å². The summed E-state index contributed by atoms with van der Waals surface area (Å²) < 4.78 is 23.6. The van der Waals surface area contributed by atoms with Crippen LogP contribution < -0.4 is 5.32 Å². The molecule has 2 aromatic rings. The number of rotatable bonds is 5. The van der Waals surface area contributed by atoms with Gasteiger partial charge in [0.05, 0.1) is 11.5 Å². The molecule has 1 N–H and O–H groups in total. The Morgan fingerprint density at radius 1 is 1.07 bits per heavy atom. The number of benzene rings is 2. The van der Waals surface area contributed by atoms with Crippen molar-refractivity contribution in [3.05, 3.63) is 71.3 Å². The van der Waals surface area contributed by atoms with Crippen LogP contribution in [0.2, 0.25) is 0 Å². The highest BCUT2D eigenvalue weighted by Gasteiger charge is 2.48. The highest BCUT2D eigenvalue weighted by Crippen LogP contribution is 2.35. The molecule has 0 bridgehead atoms. The van der Waals surface area contributed by atoms with E-state index < -0.39 is 15.4 Å². The van der Waals surface area contributed by atoms with E-state index in [4.69, 9.17) is 0 Å². The van der Waals surface area contributed by atoms with Crippen LogP contribution in [0.25, 0.3) is 0 Å². The van der Waals surface area contributed by atoms with Gasteiger partial charge in [0.25, 0.3) is 0 Å². The summed E-state index contributed by atoms with van der Waals surface area (Å²) in [6.45, 7) is 0.658. The van der Waals surface area contributed by atoms with Crippen molar-refractivity contribution in [3.63, 3.8) is 0 Å². The predicted octanol–water partition coefficient (Wildman–Crippen LogP) is 1.96. The fourth-order valence-corrected chi connectivity index (χ4v) is 6.11. The third-order valence-corrected chi connectivity index (χ3v) is 7.84. The zero-order chi connectivity index (χ0) is 19.8. The molecular formula is C22H26N2O3S. The molecule has 2 aromatic carbocycles. The highest BCUT2D eigenvalue weighted by molar-refractivity contribution is 7.91. The Balaban J connectivity index is 1.60. The lowest BCUT2D eigenvalue weighted by Gasteiger charge is -2.38. The van der Waals surface area contributed by atoms with E-state index in [9.17, 15) is 13.2 Å². The molecule has 6 heteroatoms. The second-order valence-corrected chi connectivity index (χ2v) is 10.3. The molecule has 5 nitrogen and oxygen atoms in total. The molecule has 148 valence electrons. The number of carbonyl (C=O) groups excluding carboxylic acids is 1. The van der Waals surface area contributed by atoms with Gasteiger partial charge in [-0.15, -0.1) is 0 Å². The number of nitrogens with one attached hydrogen (secondary N) is 1. The van der Waals surface area contributed by atoms with Gasteiger partial charge in [-0.2, -0.15) is 0 Å². The summed E-state index contributed by atoms with van der Waals surface area (Å²) in [5.74, 6) is 0.138. The largest absolute Gasteiger partial charge is 0.351 e. The molecule has 1 aliphatic carbocycles. The number of sulfone groups is 1. The number of nitrogens with zero attached hydrogens (tertiary/aromatic N) is 1. The smallest absolute Gasteiger partial charge is 0.241 e. The van der Waals surface area contributed by atoms with Gasteiger partial charge >= 0.3 is 0 Å². The fraction of sp³-hybridized carbons (Fsp3) is 0.409. The van der Waals surface area contributed by atoms with Crippen molar-refractivity contribution < 1.29 is 13.2 Å². The van der Waals surface area contributed by atoms with Gasteiger partial charge in [-0.3, -0.25) is 9.69 Å². The van der Waals surface area contributed by atoms with Gasteiger partial charge in [-0.25, -0.2) is 8.42 Å². The van der Waals surface area contributed by atoms with Crippen molar-refractivity contribution in [2.75, 3.05) is 18.6 Å². The minimum atomic E-state index is -3.04. The third kappa shape index (κ3) is 3.71. The van der Waals surface area contributed by atoms with Crippen molar-refractivity contribution in [1.29, 1.82) is 0 Å². The molecule has 2 aliphatic rings. The van der Waals surface area contributed by atoms with E-state index in [1.54, 1.807) is 0 Å². The second kappa shape index (κ2) is 7.33. The van der Waals surface area contributed by atoms with E-state index >= 15 is 0 Å². The third-order valence-electron chi connectivity index (χ3n) is 6.07. The van der Waals surface area contributed by atoms with Crippen LogP contribution >= 0.6 is 0 Å². The number of likely N-dealkylation sites (N-methyl/N-ethyl adjacent to an activating group) is 1. The molecule has 1 heterocycles. The molecule has 0 spiro atoms. The summed E-state index contributed by atoms with van der Waals surface area (Å²) in [7, 11) is -1.05. The number of hydrogen-bond acceptors (Lipinski definition) is 4. The lowest BCUT2D eigenvalue weighted by Crippen LogP contribution is -2.59. The van der Waals surface area contributed by atoms with E-state index in [0.29, 0.717) is 25.8 Å². The highest BCUT2D eigenvalue weighted by atomic mass is 32.2. The summed E-state index contributed by atoms with van der Waals surface area (Å²) in [5.41, 5.74) is 2.83. The van der Waals surface area contributed by atoms with Crippen molar-refractivity contribution in [3.8, 4) is 0 Å². The first-order valence-corrected chi connectivity index (χ1v) is 11.5. The molecule has 1 amide bonds. The molecule has 1 fully saturated rings. The average molecular weight is 399 g/mol. The SMILES string of the molecule is CN(Cc1ccccc1)C1(C(=O)N[C@@H]2CCS(=O)(=O)C2)Cc2ccccc2C1. The molecular weight excluding hydrogens is 372 g/mol. The predicted molar refractivity (Wildman–Crippen MR) is 110 cm³/mol. The minimum Gasteiger partial charge on any atom is -0.351 e. The van der Waals surface area contributed by atoms with Gasteiger partial charge in [0.1, 0.15) is 5.54 Å². The van der Waals surface area contributed by atoms with E-state index in [1.807, 2.05) is 37.4 Å². The van der Waals surface area contributed by atoms with Crippen molar-refractivity contribution >= 4 is 15.7 Å². The topological polar surface area (TPSA) is 66.5 Å². The molecule has 28 heavy (non-hydrogen) atoms. The number of amides is 1. The lowest BCUT2D eigenvalue weighted by atomic mass is 9.91. The molecule has 1 atom stereocenters. The van der Waals surface area contributed by atoms with Crippen molar-refractivity contribution in [1.82, 2.24) is 10.2 Å². The maximum Gasteiger partial charge on any atom is 0.241 e. The summed E-state index contributed by atoms with van der Waals surface area (Å²) in [5, 5.41) is 3.06. The van der Waals surface area contributed by atoms with Crippen molar-refractivity contribution in [2.24, 2.45) is 0 Å². The maximum atomic E-state index is 13.5. The Morgan fingerprint density at radius 2 is 1.68 bits per heavy atom. The zero-order valence-corrected chi connectivity index (χ0v) is 16.9. The summed E-state index contributed by atoms with van der Waals surface area (Å²) in [6.07, 6.45) is 1.77. The first kappa shape index (κ1) is 19.2. The number of carbonyl (C=O) groups is 1. The van der Waals surface area contributed by atoms with Crippen LogP contribution in [0.4, 0.5) is 0 Å². The van der Waals surface area contributed by atoms with Crippen LogP contribution in [0.3, 0.4) is 0 Å². The molecule has 1 saturated heterocycles. The Kier molecular flexibility index (Phi) is 5.02. The van der Waals surface area contributed by atoms with Crippen molar-refractivity contribution in [2.45, 2.75) is 37.4 Å². The first-order chi connectivity index (χ1) is 13.4. The fourth-order valence-electron chi connectivity index (χ4n) is 4.44. The van der Waals surface area contributed by atoms with Crippen LogP contribution in [-0.2, 0) is 34.0 Å². The van der Waals surface area contributed by atoms with Crippen LogP contribution in [0.5, 0.6) is 0 Å². The molecule has 1 aliphatic heterocycles. The van der Waals surface area contributed by atoms with Crippen LogP contribution in [0, 0.1) is 0 Å². The molecule has 0 aromatic heterocycles. The number of hydrogen-bond donors (Lipinski definition) is 1. The van der Waals surface area contributed by atoms with Gasteiger partial charge in [-0.1, -0.05) is 54.6 Å². The molecule has 0 radical (unpaired) electrons. The maximum absolute atomic E-state index is 13.5. The van der Waals surface area contributed by atoms with E-state index in [0.717, 1.165) is 5.56 Å². The Morgan fingerprint density at radius 3 is 2.25 bits per heavy atom. The monoisotopic (exact) mass is 398 g/mol. The van der Waals surface area contributed by atoms with Gasteiger partial charge < -0.3 is 5.32 Å². The first-order valence-electron chi connectivity index (χ1n) is 9.71. The Hall–Kier alpha value is -2.18. The lowest BCUT2D eigenvalue weighted by molar-refractivity contribution is -0.133. The standard InChI is InChI=1S/C22H26N2O3S/c1-24(15-17-7-3-2-4-8-17)22(13-18-9-5-6-10-19(18)14-22)21(25)23-20-11-12-28(26,27)16-20/h2-10,20H,11-16H2,1H3,(H,23,25)/t20-/m1/s1. The molecule has 4 rings (SSSR count). The average Bonchev–Trinajstić information content (AvgIpc) is 3.23. The summed E-state index contributed by atoms with van der Waals surface area (Å²) in [6, 6.07) is 18.0. The zero-order valence-electron chi connectivity index (χ0n) is 16.1. The molecule has 0 unspecified atom stereocenters. The summed E-state index contributed by atoms with van der Waals surface area (Å²) >= 11 is 0. The number of fused-ring (bicyclic) bond motifs is 1. The minimum absolute atomic E-state index is 0.0458. The van der Waals surface area contributed by atoms with E-state index in [2.05, 4.69) is 34.5 Å². The van der Waals surface area contributed by atoms with Crippen LogP contribution in [0.1, 0.15) is 23.1 Å². The normalized spacial score (nSPS) is 22.1. The van der Waals surface area contributed by atoms with Crippen LogP contribution in [0.15, 0.2) is 54.6 Å². The quantitative estimate of drug-likeness (QED) is 0.836. The second-order valence-electron chi connectivity index (χ2n) is 8.07. The van der Waals surface area contributed by atoms with E-state index in [1.165, 1.54) is 11.1 Å². The van der Waals surface area contributed by atoms with Gasteiger partial charge in [0.15, 0.2) is 9.84 Å². The summed E-state index contributed by atoms with van der Waals surface area (Å²) in [4.78, 5) is 15.6. The Labute approximate surface area is 166 Å². The van der Waals surface area contributed by atoms with Gasteiger partial charge in [-0.05, 0) is 30.2 Å². The Bertz CT molecular complexity index is 947. The van der Waals surface area contributed by atoms with E-state index in [-0.39, 0.29) is 23.5 Å². The van der Waals surface area contributed by atoms with Crippen LogP contribution in [-0.4, -0.2) is 49.4 Å². The van der Waals surface area contributed by atoms with Gasteiger partial charge in [0.2, 0.25) is 5.91 Å².